The summed E-state index contributed by atoms with van der Waals surface area (Å²) in [6, 6.07) is 6.37. The van der Waals surface area contributed by atoms with Gasteiger partial charge in [-0.15, -0.1) is 0 Å². The standard InChI is InChI=1S/C11H15O3S2/c1-15(2)8-10(12)9-6-4-5-7-11(9)16(3,13)14/h4-7H,8H2,1-3H3/q+1. The number of hydrogen-bond acceptors (Lipinski definition) is 3. The number of hydrogen-bond donors (Lipinski definition) is 0. The number of carbonyl (C=O) groups excluding carboxylic acids is 1. The first-order chi connectivity index (χ1) is 7.32. The summed E-state index contributed by atoms with van der Waals surface area (Å²) in [5.41, 5.74) is 0.311. The second-order valence-electron chi connectivity index (χ2n) is 3.82. The number of Topliss-reactive ketones (excluding diaryl/α,β-unsaturated/α-hetero) is 1. The van der Waals surface area contributed by atoms with Crippen LogP contribution in [0.3, 0.4) is 0 Å². The lowest BCUT2D eigenvalue weighted by Crippen LogP contribution is -2.16. The molecule has 1 aromatic carbocycles. The van der Waals surface area contributed by atoms with Gasteiger partial charge in [0.1, 0.15) is 0 Å². The van der Waals surface area contributed by atoms with Crippen molar-refractivity contribution in [3.05, 3.63) is 29.8 Å². The normalized spacial score (nSPS) is 11.8. The van der Waals surface area contributed by atoms with E-state index in [1.807, 2.05) is 12.5 Å². The lowest BCUT2D eigenvalue weighted by Gasteiger charge is -2.05. The molecule has 88 valence electrons. The summed E-state index contributed by atoms with van der Waals surface area (Å²) < 4.78 is 23.0. The van der Waals surface area contributed by atoms with E-state index in [1.54, 1.807) is 18.2 Å². The minimum absolute atomic E-state index is 0.0256. The van der Waals surface area contributed by atoms with Crippen molar-refractivity contribution in [2.45, 2.75) is 4.90 Å². The van der Waals surface area contributed by atoms with Gasteiger partial charge in [-0.3, -0.25) is 4.79 Å². The molecular weight excluding hydrogens is 244 g/mol. The fraction of sp³-hybridized carbons (Fsp3) is 0.364. The Balaban J connectivity index is 3.19. The minimum Gasteiger partial charge on any atom is -0.289 e. The molecule has 0 bridgehead atoms. The maximum atomic E-state index is 11.9. The Kier molecular flexibility index (Phi) is 4.15. The Labute approximate surface area is 99.1 Å². The highest BCUT2D eigenvalue weighted by molar-refractivity contribution is 7.96. The van der Waals surface area contributed by atoms with Crippen LogP contribution in [-0.4, -0.2) is 38.7 Å². The lowest BCUT2D eigenvalue weighted by molar-refractivity contribution is 0.101. The molecule has 0 radical (unpaired) electrons. The van der Waals surface area contributed by atoms with Crippen molar-refractivity contribution in [2.75, 3.05) is 24.5 Å². The zero-order valence-electron chi connectivity index (χ0n) is 9.56. The zero-order valence-corrected chi connectivity index (χ0v) is 11.2. The van der Waals surface area contributed by atoms with Crippen LogP contribution in [-0.2, 0) is 20.7 Å². The first kappa shape index (κ1) is 13.3. The largest absolute Gasteiger partial charge is 0.289 e. The predicted octanol–water partition coefficient (Wildman–Crippen LogP) is 1.15. The number of sulfone groups is 1. The third-order valence-electron chi connectivity index (χ3n) is 2.01. The number of rotatable bonds is 4. The molecule has 0 aliphatic carbocycles. The topological polar surface area (TPSA) is 51.2 Å². The summed E-state index contributed by atoms with van der Waals surface area (Å²) in [5, 5.41) is 0. The minimum atomic E-state index is -3.33. The van der Waals surface area contributed by atoms with Gasteiger partial charge in [0.15, 0.2) is 15.6 Å². The predicted molar refractivity (Wildman–Crippen MR) is 68.0 cm³/mol. The van der Waals surface area contributed by atoms with Crippen LogP contribution < -0.4 is 0 Å². The van der Waals surface area contributed by atoms with Gasteiger partial charge in [-0.2, -0.15) is 0 Å². The molecule has 0 aliphatic rings. The van der Waals surface area contributed by atoms with Gasteiger partial charge in [0.2, 0.25) is 5.78 Å². The summed E-state index contributed by atoms with van der Waals surface area (Å²) in [6.45, 7) is 0. The van der Waals surface area contributed by atoms with Crippen LogP contribution in [0.4, 0.5) is 0 Å². The molecule has 0 N–H and O–H groups in total. The fourth-order valence-electron chi connectivity index (χ4n) is 1.36. The van der Waals surface area contributed by atoms with Gasteiger partial charge >= 0.3 is 0 Å². The van der Waals surface area contributed by atoms with E-state index in [-0.39, 0.29) is 21.6 Å². The van der Waals surface area contributed by atoms with Crippen molar-refractivity contribution in [3.8, 4) is 0 Å². The molecule has 0 aliphatic heterocycles. The highest BCUT2D eigenvalue weighted by Crippen LogP contribution is 2.16. The fourth-order valence-corrected chi connectivity index (χ4v) is 2.95. The van der Waals surface area contributed by atoms with Gasteiger partial charge in [0.25, 0.3) is 0 Å². The highest BCUT2D eigenvalue weighted by Gasteiger charge is 2.21. The van der Waals surface area contributed by atoms with Crippen molar-refractivity contribution in [1.82, 2.24) is 0 Å². The third-order valence-corrected chi connectivity index (χ3v) is 4.00. The third kappa shape index (κ3) is 3.35. The molecule has 16 heavy (non-hydrogen) atoms. The van der Waals surface area contributed by atoms with E-state index < -0.39 is 9.84 Å². The summed E-state index contributed by atoms with van der Waals surface area (Å²) in [5.74, 6) is 0.293. The Morgan fingerprint density at radius 1 is 1.25 bits per heavy atom. The number of benzene rings is 1. The molecule has 0 spiro atoms. The molecule has 0 saturated carbocycles. The van der Waals surface area contributed by atoms with Gasteiger partial charge in [0.05, 0.1) is 17.4 Å². The van der Waals surface area contributed by atoms with E-state index in [1.165, 1.54) is 6.07 Å². The molecule has 3 nitrogen and oxygen atoms in total. The van der Waals surface area contributed by atoms with Gasteiger partial charge < -0.3 is 0 Å². The van der Waals surface area contributed by atoms with Crippen LogP contribution in [0.25, 0.3) is 0 Å². The monoisotopic (exact) mass is 259 g/mol. The summed E-state index contributed by atoms with van der Waals surface area (Å²) in [7, 11) is -3.36. The van der Waals surface area contributed by atoms with Crippen LogP contribution in [0.1, 0.15) is 10.4 Å². The van der Waals surface area contributed by atoms with Crippen molar-refractivity contribution in [1.29, 1.82) is 0 Å². The molecular formula is C11H15O3S2+. The maximum Gasteiger partial charge on any atom is 0.213 e. The molecule has 1 aromatic rings. The van der Waals surface area contributed by atoms with Crippen LogP contribution >= 0.6 is 0 Å². The van der Waals surface area contributed by atoms with E-state index >= 15 is 0 Å². The van der Waals surface area contributed by atoms with Gasteiger partial charge in [-0.25, -0.2) is 8.42 Å². The van der Waals surface area contributed by atoms with E-state index in [9.17, 15) is 13.2 Å². The average Bonchev–Trinajstić information content (AvgIpc) is 2.15. The summed E-state index contributed by atoms with van der Waals surface area (Å²) in [6.07, 6.45) is 5.04. The van der Waals surface area contributed by atoms with Crippen LogP contribution in [0.2, 0.25) is 0 Å². The molecule has 0 amide bonds. The van der Waals surface area contributed by atoms with Crippen molar-refractivity contribution in [2.24, 2.45) is 0 Å². The summed E-state index contributed by atoms with van der Waals surface area (Å²) in [4.78, 5) is 12.0. The van der Waals surface area contributed by atoms with Gasteiger partial charge in [-0.1, -0.05) is 12.1 Å². The molecule has 0 fully saturated rings. The second-order valence-corrected chi connectivity index (χ2v) is 8.07. The van der Waals surface area contributed by atoms with Crippen LogP contribution in [0, 0.1) is 0 Å². The van der Waals surface area contributed by atoms with Crippen molar-refractivity contribution in [3.63, 3.8) is 0 Å². The number of carbonyl (C=O) groups is 1. The van der Waals surface area contributed by atoms with E-state index in [4.69, 9.17) is 0 Å². The van der Waals surface area contributed by atoms with E-state index in [2.05, 4.69) is 0 Å². The van der Waals surface area contributed by atoms with E-state index in [0.29, 0.717) is 11.3 Å². The van der Waals surface area contributed by atoms with Crippen molar-refractivity contribution < 1.29 is 13.2 Å². The first-order valence-electron chi connectivity index (χ1n) is 4.69. The summed E-state index contributed by atoms with van der Waals surface area (Å²) >= 11 is 0. The quantitative estimate of drug-likeness (QED) is 0.602. The number of ketones is 1. The Morgan fingerprint density at radius 3 is 2.31 bits per heavy atom. The van der Waals surface area contributed by atoms with Gasteiger partial charge in [0, 0.05) is 11.8 Å². The van der Waals surface area contributed by atoms with Crippen LogP contribution in [0.5, 0.6) is 0 Å². The van der Waals surface area contributed by atoms with E-state index in [0.717, 1.165) is 6.26 Å². The lowest BCUT2D eigenvalue weighted by atomic mass is 10.1. The maximum absolute atomic E-state index is 11.9. The van der Waals surface area contributed by atoms with Gasteiger partial charge in [-0.05, 0) is 23.0 Å². The van der Waals surface area contributed by atoms with Crippen LogP contribution in [0.15, 0.2) is 29.2 Å². The molecule has 0 atom stereocenters. The zero-order chi connectivity index (χ0) is 12.3. The Bertz CT molecular complexity index is 490. The highest BCUT2D eigenvalue weighted by atomic mass is 32.2. The molecule has 0 heterocycles. The van der Waals surface area contributed by atoms with Crippen molar-refractivity contribution >= 4 is 26.5 Å². The molecule has 0 aromatic heterocycles. The molecule has 0 saturated heterocycles. The first-order valence-corrected chi connectivity index (χ1v) is 8.79. The molecule has 5 heteroatoms. The average molecular weight is 259 g/mol. The smallest absolute Gasteiger partial charge is 0.213 e. The Hall–Kier alpha value is -0.810. The SMILES string of the molecule is C[S+](C)CC(=O)c1ccccc1S(C)(=O)=O. The Morgan fingerprint density at radius 2 is 1.81 bits per heavy atom. The second kappa shape index (κ2) is 5.01. The molecule has 0 unspecified atom stereocenters. The molecule has 1 rings (SSSR count).